The Morgan fingerprint density at radius 2 is 1.56 bits per heavy atom. The summed E-state index contributed by atoms with van der Waals surface area (Å²) >= 11 is 0. The van der Waals surface area contributed by atoms with Gasteiger partial charge in [0.05, 0.1) is 11.8 Å². The minimum absolute atomic E-state index is 0.253. The molecule has 2 N–H and O–H groups in total. The third-order valence-electron chi connectivity index (χ3n) is 5.55. The van der Waals surface area contributed by atoms with Crippen LogP contribution >= 0.6 is 0 Å². The number of H-pyrrole nitrogens is 1. The van der Waals surface area contributed by atoms with E-state index in [9.17, 15) is 14.0 Å². The fourth-order valence-corrected chi connectivity index (χ4v) is 3.87. The number of aromatic amines is 1. The maximum Gasteiger partial charge on any atom is 0.343 e. The SMILES string of the molecule is O=C(Oc1ccccc1C=NNC(=O)c1[nH]c2ccc(F)cc2c1-c1ccccc1)c1ccccc1. The molecule has 1 aromatic heterocycles. The zero-order valence-corrected chi connectivity index (χ0v) is 18.9. The molecule has 1 amide bonds. The third kappa shape index (κ3) is 4.76. The average molecular weight is 477 g/mol. The van der Waals surface area contributed by atoms with Gasteiger partial charge in [0.2, 0.25) is 0 Å². The fraction of sp³-hybridized carbons (Fsp3) is 0. The molecule has 0 saturated carbocycles. The van der Waals surface area contributed by atoms with Gasteiger partial charge in [0.25, 0.3) is 5.91 Å². The number of nitrogens with zero attached hydrogens (tertiary/aromatic N) is 1. The van der Waals surface area contributed by atoms with Gasteiger partial charge in [0.15, 0.2) is 0 Å². The number of hydrazone groups is 1. The van der Waals surface area contributed by atoms with Gasteiger partial charge in [-0.05, 0) is 48.0 Å². The molecule has 0 bridgehead atoms. The normalized spacial score (nSPS) is 11.0. The number of carbonyl (C=O) groups is 2. The van der Waals surface area contributed by atoms with Gasteiger partial charge in [0.1, 0.15) is 17.3 Å². The van der Waals surface area contributed by atoms with Crippen LogP contribution in [0.5, 0.6) is 5.75 Å². The number of benzene rings is 4. The number of aromatic nitrogens is 1. The molecule has 176 valence electrons. The summed E-state index contributed by atoms with van der Waals surface area (Å²) in [6.45, 7) is 0. The van der Waals surface area contributed by atoms with Gasteiger partial charge in [0, 0.05) is 22.0 Å². The fourth-order valence-electron chi connectivity index (χ4n) is 3.87. The van der Waals surface area contributed by atoms with Crippen LogP contribution in [0.15, 0.2) is 108 Å². The predicted molar refractivity (Wildman–Crippen MR) is 137 cm³/mol. The quantitative estimate of drug-likeness (QED) is 0.137. The van der Waals surface area contributed by atoms with Gasteiger partial charge in [-0.3, -0.25) is 4.79 Å². The van der Waals surface area contributed by atoms with E-state index in [4.69, 9.17) is 4.74 Å². The van der Waals surface area contributed by atoms with Crippen LogP contribution in [0, 0.1) is 5.82 Å². The zero-order chi connectivity index (χ0) is 24.9. The van der Waals surface area contributed by atoms with Crippen molar-refractivity contribution in [3.63, 3.8) is 0 Å². The van der Waals surface area contributed by atoms with Crippen molar-refractivity contribution < 1.29 is 18.7 Å². The lowest BCUT2D eigenvalue weighted by molar-refractivity contribution is 0.0734. The van der Waals surface area contributed by atoms with Crippen LogP contribution in [0.2, 0.25) is 0 Å². The van der Waals surface area contributed by atoms with Crippen LogP contribution in [0.1, 0.15) is 26.4 Å². The standard InChI is InChI=1S/C29H20FN3O3/c30-22-15-16-24-23(17-22)26(19-9-3-1-4-10-19)27(32-24)28(34)33-31-18-21-13-7-8-14-25(21)36-29(35)20-11-5-2-6-12-20/h1-18,32H,(H,33,34). The molecule has 4 aromatic carbocycles. The topological polar surface area (TPSA) is 83.5 Å². The first-order valence-corrected chi connectivity index (χ1v) is 11.2. The highest BCUT2D eigenvalue weighted by Crippen LogP contribution is 2.33. The summed E-state index contributed by atoms with van der Waals surface area (Å²) in [5, 5.41) is 4.66. The van der Waals surface area contributed by atoms with Crippen LogP contribution in [-0.2, 0) is 0 Å². The predicted octanol–water partition coefficient (Wildman–Crippen LogP) is 5.96. The van der Waals surface area contributed by atoms with E-state index < -0.39 is 17.7 Å². The Bertz CT molecular complexity index is 1580. The first kappa shape index (κ1) is 22.7. The molecule has 0 atom stereocenters. The Hall–Kier alpha value is -5.04. The molecular formula is C29H20FN3O3. The van der Waals surface area contributed by atoms with E-state index >= 15 is 0 Å². The van der Waals surface area contributed by atoms with E-state index in [1.165, 1.54) is 18.3 Å². The molecular weight excluding hydrogens is 457 g/mol. The summed E-state index contributed by atoms with van der Waals surface area (Å²) in [6.07, 6.45) is 1.40. The summed E-state index contributed by atoms with van der Waals surface area (Å²) < 4.78 is 19.5. The van der Waals surface area contributed by atoms with Crippen molar-refractivity contribution in [2.24, 2.45) is 5.10 Å². The lowest BCUT2D eigenvalue weighted by Crippen LogP contribution is -2.19. The van der Waals surface area contributed by atoms with Crippen LogP contribution in [0.25, 0.3) is 22.0 Å². The number of carbonyl (C=O) groups excluding carboxylic acids is 2. The zero-order valence-electron chi connectivity index (χ0n) is 18.9. The molecule has 0 fully saturated rings. The van der Waals surface area contributed by atoms with Gasteiger partial charge in [-0.1, -0.05) is 60.7 Å². The molecule has 6 nitrogen and oxygen atoms in total. The van der Waals surface area contributed by atoms with E-state index in [1.807, 2.05) is 36.4 Å². The Morgan fingerprint density at radius 3 is 2.33 bits per heavy atom. The van der Waals surface area contributed by atoms with Gasteiger partial charge >= 0.3 is 5.97 Å². The number of amides is 1. The molecule has 0 spiro atoms. The van der Waals surface area contributed by atoms with E-state index in [-0.39, 0.29) is 5.69 Å². The summed E-state index contributed by atoms with van der Waals surface area (Å²) in [5.41, 5.74) is 5.66. The van der Waals surface area contributed by atoms with Crippen molar-refractivity contribution in [1.82, 2.24) is 10.4 Å². The Balaban J connectivity index is 1.40. The number of hydrogen-bond acceptors (Lipinski definition) is 4. The first-order valence-electron chi connectivity index (χ1n) is 11.2. The molecule has 0 aliphatic carbocycles. The largest absolute Gasteiger partial charge is 0.422 e. The smallest absolute Gasteiger partial charge is 0.343 e. The molecule has 0 aliphatic heterocycles. The molecule has 5 aromatic rings. The van der Waals surface area contributed by atoms with Crippen molar-refractivity contribution in [3.05, 3.63) is 126 Å². The number of ether oxygens (including phenoxy) is 1. The number of rotatable bonds is 6. The first-order chi connectivity index (χ1) is 17.6. The maximum absolute atomic E-state index is 14.0. The van der Waals surface area contributed by atoms with Crippen molar-refractivity contribution in [1.29, 1.82) is 0 Å². The van der Waals surface area contributed by atoms with Gasteiger partial charge in [-0.2, -0.15) is 5.10 Å². The number of fused-ring (bicyclic) bond motifs is 1. The number of para-hydroxylation sites is 1. The highest BCUT2D eigenvalue weighted by Gasteiger charge is 2.19. The van der Waals surface area contributed by atoms with E-state index in [0.717, 1.165) is 5.56 Å². The summed E-state index contributed by atoms with van der Waals surface area (Å²) in [5.74, 6) is -1.10. The Morgan fingerprint density at radius 1 is 0.861 bits per heavy atom. The van der Waals surface area contributed by atoms with E-state index in [1.54, 1.807) is 54.6 Å². The number of nitrogens with one attached hydrogen (secondary N) is 2. The molecule has 0 aliphatic rings. The molecule has 0 unspecified atom stereocenters. The summed E-state index contributed by atoms with van der Waals surface area (Å²) in [6, 6.07) is 29.1. The van der Waals surface area contributed by atoms with Crippen molar-refractivity contribution >= 4 is 29.0 Å². The van der Waals surface area contributed by atoms with Crippen molar-refractivity contribution in [3.8, 4) is 16.9 Å². The van der Waals surface area contributed by atoms with Gasteiger partial charge < -0.3 is 9.72 Å². The summed E-state index contributed by atoms with van der Waals surface area (Å²) in [4.78, 5) is 28.6. The van der Waals surface area contributed by atoms with Gasteiger partial charge in [-0.15, -0.1) is 0 Å². The van der Waals surface area contributed by atoms with Crippen LogP contribution in [-0.4, -0.2) is 23.1 Å². The molecule has 5 rings (SSSR count). The highest BCUT2D eigenvalue weighted by atomic mass is 19.1. The Kier molecular flexibility index (Phi) is 6.36. The second kappa shape index (κ2) is 10.1. The van der Waals surface area contributed by atoms with Gasteiger partial charge in [-0.25, -0.2) is 14.6 Å². The average Bonchev–Trinajstić information content (AvgIpc) is 3.29. The van der Waals surface area contributed by atoms with Crippen molar-refractivity contribution in [2.75, 3.05) is 0 Å². The van der Waals surface area contributed by atoms with E-state index in [0.29, 0.717) is 33.3 Å². The third-order valence-corrected chi connectivity index (χ3v) is 5.55. The van der Waals surface area contributed by atoms with Crippen LogP contribution in [0.4, 0.5) is 4.39 Å². The lowest BCUT2D eigenvalue weighted by atomic mass is 10.0. The monoisotopic (exact) mass is 477 g/mol. The lowest BCUT2D eigenvalue weighted by Gasteiger charge is -2.07. The maximum atomic E-state index is 14.0. The summed E-state index contributed by atoms with van der Waals surface area (Å²) in [7, 11) is 0. The minimum atomic E-state index is -0.502. The molecule has 36 heavy (non-hydrogen) atoms. The Labute approximate surface area is 206 Å². The van der Waals surface area contributed by atoms with E-state index in [2.05, 4.69) is 15.5 Å². The number of halogens is 1. The number of esters is 1. The second-order valence-corrected chi connectivity index (χ2v) is 7.92. The molecule has 1 heterocycles. The minimum Gasteiger partial charge on any atom is -0.422 e. The number of hydrogen-bond donors (Lipinski definition) is 2. The molecule has 0 saturated heterocycles. The second-order valence-electron chi connectivity index (χ2n) is 7.92. The highest BCUT2D eigenvalue weighted by molar-refractivity contribution is 6.09. The van der Waals surface area contributed by atoms with Crippen LogP contribution < -0.4 is 10.2 Å². The van der Waals surface area contributed by atoms with Crippen LogP contribution in [0.3, 0.4) is 0 Å². The van der Waals surface area contributed by atoms with Crippen molar-refractivity contribution in [2.45, 2.75) is 0 Å². The molecule has 0 radical (unpaired) electrons. The molecule has 7 heteroatoms.